The van der Waals surface area contributed by atoms with Crippen LogP contribution in [0.1, 0.15) is 6.92 Å². The van der Waals surface area contributed by atoms with Crippen LogP contribution in [0.3, 0.4) is 0 Å². The number of nitrogens with two attached hydrogens (primary N) is 1. The molecule has 0 saturated carbocycles. The van der Waals surface area contributed by atoms with Gasteiger partial charge in [0.2, 0.25) is 0 Å². The largest absolute Gasteiger partial charge is 0.383 e. The van der Waals surface area contributed by atoms with Crippen LogP contribution >= 0.6 is 11.6 Å². The molecule has 1 aliphatic heterocycles. The Bertz CT molecular complexity index is 895. The van der Waals surface area contributed by atoms with E-state index in [9.17, 15) is 0 Å². The first-order valence-electron chi connectivity index (χ1n) is 7.73. The number of aromatic amines is 1. The third-order valence-corrected chi connectivity index (χ3v) is 4.45. The van der Waals surface area contributed by atoms with Crippen molar-refractivity contribution in [2.24, 2.45) is 0 Å². The Morgan fingerprint density at radius 1 is 1.33 bits per heavy atom. The van der Waals surface area contributed by atoms with Gasteiger partial charge in [0.1, 0.15) is 11.6 Å². The second-order valence-electron chi connectivity index (χ2n) is 5.86. The van der Waals surface area contributed by atoms with Gasteiger partial charge in [0.05, 0.1) is 30.5 Å². The first kappa shape index (κ1) is 15.2. The number of ether oxygens (including phenoxy) is 1. The fraction of sp³-hybridized carbons (Fsp3) is 0.312. The number of halogens is 1. The molecule has 0 spiro atoms. The lowest BCUT2D eigenvalue weighted by molar-refractivity contribution is 0.0986. The molecule has 0 amide bonds. The summed E-state index contributed by atoms with van der Waals surface area (Å²) < 4.78 is 5.52. The summed E-state index contributed by atoms with van der Waals surface area (Å²) in [4.78, 5) is 11.1. The first-order valence-corrected chi connectivity index (χ1v) is 8.11. The highest BCUT2D eigenvalue weighted by Gasteiger charge is 2.22. The highest BCUT2D eigenvalue weighted by molar-refractivity contribution is 6.30. The van der Waals surface area contributed by atoms with Crippen molar-refractivity contribution in [3.05, 3.63) is 29.5 Å². The predicted octanol–water partition coefficient (Wildman–Crippen LogP) is 2.48. The molecule has 1 fully saturated rings. The zero-order valence-corrected chi connectivity index (χ0v) is 13.9. The summed E-state index contributed by atoms with van der Waals surface area (Å²) in [5.74, 6) is 1.28. The smallest absolute Gasteiger partial charge is 0.158 e. The maximum Gasteiger partial charge on any atom is 0.158 e. The van der Waals surface area contributed by atoms with Crippen molar-refractivity contribution in [3.63, 3.8) is 0 Å². The predicted molar refractivity (Wildman–Crippen MR) is 94.2 cm³/mol. The Labute approximate surface area is 143 Å². The Kier molecular flexibility index (Phi) is 3.74. The van der Waals surface area contributed by atoms with Gasteiger partial charge >= 0.3 is 0 Å². The molecule has 3 N–H and O–H groups in total. The molecule has 0 aromatic carbocycles. The number of aromatic nitrogens is 4. The van der Waals surface area contributed by atoms with Crippen molar-refractivity contribution >= 4 is 34.3 Å². The van der Waals surface area contributed by atoms with E-state index in [-0.39, 0.29) is 6.04 Å². The van der Waals surface area contributed by atoms with E-state index in [1.54, 1.807) is 12.4 Å². The molecule has 1 atom stereocenters. The zero-order chi connectivity index (χ0) is 16.7. The molecule has 7 nitrogen and oxygen atoms in total. The van der Waals surface area contributed by atoms with Crippen molar-refractivity contribution in [2.75, 3.05) is 30.4 Å². The van der Waals surface area contributed by atoms with Crippen LogP contribution in [-0.4, -0.2) is 46.0 Å². The Hall–Kier alpha value is -2.38. The Balaban J connectivity index is 1.91. The first-order chi connectivity index (χ1) is 11.6. The van der Waals surface area contributed by atoms with Gasteiger partial charge in [0.15, 0.2) is 5.65 Å². The van der Waals surface area contributed by atoms with Gasteiger partial charge in [-0.25, -0.2) is 9.97 Å². The van der Waals surface area contributed by atoms with Gasteiger partial charge in [0.25, 0.3) is 0 Å². The summed E-state index contributed by atoms with van der Waals surface area (Å²) in [5.41, 5.74) is 8.48. The number of morpholine rings is 1. The topological polar surface area (TPSA) is 93.0 Å². The molecule has 4 rings (SSSR count). The second kappa shape index (κ2) is 5.92. The molecule has 1 saturated heterocycles. The molecule has 1 aliphatic rings. The van der Waals surface area contributed by atoms with Crippen LogP contribution in [0, 0.1) is 0 Å². The number of anilines is 2. The number of hydrogen-bond donors (Lipinski definition) is 2. The van der Waals surface area contributed by atoms with Gasteiger partial charge < -0.3 is 15.4 Å². The normalized spacial score (nSPS) is 18.2. The van der Waals surface area contributed by atoms with Gasteiger partial charge in [-0.2, -0.15) is 5.10 Å². The summed E-state index contributed by atoms with van der Waals surface area (Å²) in [6.45, 7) is 4.27. The quantitative estimate of drug-likeness (QED) is 0.742. The van der Waals surface area contributed by atoms with Crippen molar-refractivity contribution in [1.29, 1.82) is 0 Å². The number of pyridine rings is 2. The lowest BCUT2D eigenvalue weighted by Gasteiger charge is -2.34. The standard InChI is InChI=1S/C16H17ClN6O/c1-9-8-24-3-2-23(9)14-5-11(13-7-20-22-16(13)21-14)12-4-10(17)6-19-15(12)18/h4-7,9H,2-3,8H2,1H3,(H2,18,19)(H,20,21,22)/t9-/m1/s1. The van der Waals surface area contributed by atoms with Crippen molar-refractivity contribution in [1.82, 2.24) is 20.2 Å². The SMILES string of the molecule is C[C@@H]1COCCN1c1cc(-c2cc(Cl)cnc2N)c2cn[nH]c2n1. The number of fused-ring (bicyclic) bond motifs is 1. The highest BCUT2D eigenvalue weighted by Crippen LogP contribution is 2.35. The molecule has 0 bridgehead atoms. The lowest BCUT2D eigenvalue weighted by atomic mass is 10.0. The number of H-pyrrole nitrogens is 1. The maximum atomic E-state index is 6.12. The molecular formula is C16H17ClN6O. The Morgan fingerprint density at radius 3 is 3.04 bits per heavy atom. The van der Waals surface area contributed by atoms with Crippen LogP contribution in [0.2, 0.25) is 5.02 Å². The molecule has 4 heterocycles. The summed E-state index contributed by atoms with van der Waals surface area (Å²) in [5, 5.41) is 8.49. The summed E-state index contributed by atoms with van der Waals surface area (Å²) in [6, 6.07) is 4.08. The average Bonchev–Trinajstić information content (AvgIpc) is 3.05. The number of nitrogen functional groups attached to an aromatic ring is 1. The molecule has 3 aromatic rings. The number of rotatable bonds is 2. The number of nitrogens with one attached hydrogen (secondary N) is 1. The maximum absolute atomic E-state index is 6.12. The van der Waals surface area contributed by atoms with Gasteiger partial charge in [0, 0.05) is 29.3 Å². The van der Waals surface area contributed by atoms with Crippen LogP contribution in [0.25, 0.3) is 22.2 Å². The molecule has 3 aromatic heterocycles. The summed E-state index contributed by atoms with van der Waals surface area (Å²) in [7, 11) is 0. The molecule has 0 aliphatic carbocycles. The lowest BCUT2D eigenvalue weighted by Crippen LogP contribution is -2.44. The van der Waals surface area contributed by atoms with Crippen LogP contribution in [0.5, 0.6) is 0 Å². The number of hydrogen-bond acceptors (Lipinski definition) is 6. The van der Waals surface area contributed by atoms with Crippen LogP contribution < -0.4 is 10.6 Å². The summed E-state index contributed by atoms with van der Waals surface area (Å²) in [6.07, 6.45) is 3.28. The minimum atomic E-state index is 0.245. The van der Waals surface area contributed by atoms with Gasteiger partial charge in [-0.1, -0.05) is 11.6 Å². The molecule has 0 unspecified atom stereocenters. The third kappa shape index (κ3) is 2.55. The fourth-order valence-electron chi connectivity index (χ4n) is 3.02. The van der Waals surface area contributed by atoms with E-state index < -0.39 is 0 Å². The third-order valence-electron chi connectivity index (χ3n) is 4.25. The van der Waals surface area contributed by atoms with E-state index in [0.717, 1.165) is 28.9 Å². The van der Waals surface area contributed by atoms with Crippen molar-refractivity contribution < 1.29 is 4.74 Å². The highest BCUT2D eigenvalue weighted by atomic mass is 35.5. The molecule has 0 radical (unpaired) electrons. The molecule has 124 valence electrons. The van der Waals surface area contributed by atoms with Crippen LogP contribution in [-0.2, 0) is 4.74 Å². The Morgan fingerprint density at radius 2 is 2.21 bits per heavy atom. The monoisotopic (exact) mass is 344 g/mol. The molecule has 8 heteroatoms. The van der Waals surface area contributed by atoms with E-state index >= 15 is 0 Å². The minimum absolute atomic E-state index is 0.245. The number of nitrogens with zero attached hydrogens (tertiary/aromatic N) is 4. The van der Waals surface area contributed by atoms with Crippen molar-refractivity contribution in [3.8, 4) is 11.1 Å². The van der Waals surface area contributed by atoms with Crippen LogP contribution in [0.15, 0.2) is 24.5 Å². The zero-order valence-electron chi connectivity index (χ0n) is 13.2. The van der Waals surface area contributed by atoms with E-state index in [1.807, 2.05) is 12.1 Å². The van der Waals surface area contributed by atoms with Gasteiger partial charge in [-0.05, 0) is 19.1 Å². The minimum Gasteiger partial charge on any atom is -0.383 e. The van der Waals surface area contributed by atoms with Crippen molar-refractivity contribution in [2.45, 2.75) is 13.0 Å². The second-order valence-corrected chi connectivity index (χ2v) is 6.30. The fourth-order valence-corrected chi connectivity index (χ4v) is 3.18. The van der Waals surface area contributed by atoms with E-state index in [1.165, 1.54) is 0 Å². The summed E-state index contributed by atoms with van der Waals surface area (Å²) >= 11 is 6.12. The van der Waals surface area contributed by atoms with E-state index in [0.29, 0.717) is 29.7 Å². The van der Waals surface area contributed by atoms with Gasteiger partial charge in [-0.3, -0.25) is 5.10 Å². The van der Waals surface area contributed by atoms with Gasteiger partial charge in [-0.15, -0.1) is 0 Å². The molecule has 24 heavy (non-hydrogen) atoms. The van der Waals surface area contributed by atoms with E-state index in [2.05, 4.69) is 27.0 Å². The van der Waals surface area contributed by atoms with Crippen LogP contribution in [0.4, 0.5) is 11.6 Å². The molecular weight excluding hydrogens is 328 g/mol. The average molecular weight is 345 g/mol. The van der Waals surface area contributed by atoms with E-state index in [4.69, 9.17) is 27.1 Å².